The van der Waals surface area contributed by atoms with Gasteiger partial charge in [0, 0.05) is 12.1 Å². The molecule has 7 heteroatoms. The minimum atomic E-state index is -0.739. The predicted octanol–water partition coefficient (Wildman–Crippen LogP) is 4.16. The lowest BCUT2D eigenvalue weighted by molar-refractivity contribution is -0.139. The first-order valence-corrected chi connectivity index (χ1v) is 10.4. The van der Waals surface area contributed by atoms with Crippen LogP contribution in [0, 0.1) is 13.8 Å². The van der Waals surface area contributed by atoms with Crippen LogP contribution in [0.3, 0.4) is 0 Å². The van der Waals surface area contributed by atoms with Gasteiger partial charge in [0.2, 0.25) is 0 Å². The van der Waals surface area contributed by atoms with Crippen LogP contribution in [-0.4, -0.2) is 49.6 Å². The summed E-state index contributed by atoms with van der Waals surface area (Å²) in [7, 11) is 4.64. The van der Waals surface area contributed by atoms with Crippen molar-refractivity contribution in [3.63, 3.8) is 0 Å². The molecule has 1 aliphatic heterocycles. The predicted molar refractivity (Wildman–Crippen MR) is 121 cm³/mol. The highest BCUT2D eigenvalue weighted by Gasteiger charge is 2.46. The zero-order valence-corrected chi connectivity index (χ0v) is 19.3. The van der Waals surface area contributed by atoms with Crippen LogP contribution >= 0.6 is 0 Å². The van der Waals surface area contributed by atoms with E-state index in [1.165, 1.54) is 19.1 Å². The number of ether oxygens (including phenoxy) is 3. The number of Topliss-reactive ketones (excluding diaryl/α,β-unsaturated/α-hetero) is 1. The van der Waals surface area contributed by atoms with Gasteiger partial charge in [0.05, 0.1) is 32.9 Å². The van der Waals surface area contributed by atoms with Crippen molar-refractivity contribution in [2.45, 2.75) is 33.2 Å². The Labute approximate surface area is 188 Å². The molecular weight excluding hydrogens is 410 g/mol. The van der Waals surface area contributed by atoms with Crippen LogP contribution in [0.2, 0.25) is 0 Å². The smallest absolute Gasteiger partial charge is 0.295 e. The Morgan fingerprint density at radius 1 is 0.938 bits per heavy atom. The number of hydrogen-bond donors (Lipinski definition) is 1. The lowest BCUT2D eigenvalue weighted by Gasteiger charge is -2.25. The van der Waals surface area contributed by atoms with E-state index in [4.69, 9.17) is 14.2 Å². The lowest BCUT2D eigenvalue weighted by Crippen LogP contribution is -2.30. The van der Waals surface area contributed by atoms with Crippen molar-refractivity contribution in [2.24, 2.45) is 0 Å². The third-order valence-corrected chi connectivity index (χ3v) is 5.72. The first kappa shape index (κ1) is 23.2. The largest absolute Gasteiger partial charge is 0.507 e. The summed E-state index contributed by atoms with van der Waals surface area (Å²) in [5.74, 6) is 0.153. The van der Waals surface area contributed by atoms with Crippen LogP contribution in [0.1, 0.15) is 41.6 Å². The van der Waals surface area contributed by atoms with Gasteiger partial charge in [-0.2, -0.15) is 0 Å². The highest BCUT2D eigenvalue weighted by molar-refractivity contribution is 6.46. The normalized spacial score (nSPS) is 17.6. The van der Waals surface area contributed by atoms with Crippen LogP contribution in [0.4, 0.5) is 0 Å². The molecule has 1 aliphatic rings. The number of aliphatic hydroxyl groups excluding tert-OH is 1. The molecule has 1 amide bonds. The minimum absolute atomic E-state index is 0.0586. The highest BCUT2D eigenvalue weighted by atomic mass is 16.5. The van der Waals surface area contributed by atoms with Crippen molar-refractivity contribution in [1.82, 2.24) is 4.90 Å². The summed E-state index contributed by atoms with van der Waals surface area (Å²) in [5.41, 5.74) is 2.74. The summed E-state index contributed by atoms with van der Waals surface area (Å²) in [6, 6.07) is 8.07. The van der Waals surface area contributed by atoms with Crippen molar-refractivity contribution in [3.05, 3.63) is 58.2 Å². The molecule has 1 heterocycles. The number of nitrogens with zero attached hydrogens (tertiary/aromatic N) is 1. The van der Waals surface area contributed by atoms with Gasteiger partial charge in [-0.05, 0) is 61.2 Å². The quantitative estimate of drug-likeness (QED) is 0.396. The molecule has 1 N–H and O–H groups in total. The molecule has 1 saturated heterocycles. The molecule has 0 aliphatic carbocycles. The number of carbonyl (C=O) groups excluding carboxylic acids is 2. The molecule has 0 radical (unpaired) electrons. The number of amides is 1. The molecule has 0 aromatic heterocycles. The number of likely N-dealkylation sites (tertiary alicyclic amines) is 1. The molecule has 1 atom stereocenters. The van der Waals surface area contributed by atoms with E-state index in [1.54, 1.807) is 37.4 Å². The first-order chi connectivity index (χ1) is 15.3. The molecule has 170 valence electrons. The number of aryl methyl sites for hydroxylation is 2. The summed E-state index contributed by atoms with van der Waals surface area (Å²) in [6.07, 6.45) is 0.664. The number of ketones is 1. The molecule has 0 saturated carbocycles. The topological polar surface area (TPSA) is 85.3 Å². The van der Waals surface area contributed by atoms with Crippen LogP contribution in [0.25, 0.3) is 5.76 Å². The van der Waals surface area contributed by atoms with E-state index in [1.807, 2.05) is 20.8 Å². The van der Waals surface area contributed by atoms with Gasteiger partial charge in [-0.1, -0.05) is 13.0 Å². The SMILES string of the molecule is CCCN1C(=O)C(=O)/C(=C(/O)c2cc(C)c(OC)cc2C)C1c1ccc(OC)c(OC)c1. The van der Waals surface area contributed by atoms with Gasteiger partial charge in [-0.15, -0.1) is 0 Å². The second-order valence-corrected chi connectivity index (χ2v) is 7.74. The third kappa shape index (κ3) is 3.90. The van der Waals surface area contributed by atoms with E-state index < -0.39 is 17.7 Å². The third-order valence-electron chi connectivity index (χ3n) is 5.72. The second kappa shape index (κ2) is 9.34. The molecule has 0 spiro atoms. The van der Waals surface area contributed by atoms with Gasteiger partial charge in [-0.25, -0.2) is 0 Å². The molecule has 1 fully saturated rings. The number of hydrogen-bond acceptors (Lipinski definition) is 6. The first-order valence-electron chi connectivity index (χ1n) is 10.4. The van der Waals surface area contributed by atoms with E-state index >= 15 is 0 Å². The Hall–Kier alpha value is -3.48. The maximum absolute atomic E-state index is 13.1. The summed E-state index contributed by atoms with van der Waals surface area (Å²) in [5, 5.41) is 11.3. The van der Waals surface area contributed by atoms with Crippen molar-refractivity contribution in [3.8, 4) is 17.2 Å². The summed E-state index contributed by atoms with van der Waals surface area (Å²) < 4.78 is 16.1. The van der Waals surface area contributed by atoms with Gasteiger partial charge in [-0.3, -0.25) is 9.59 Å². The second-order valence-electron chi connectivity index (χ2n) is 7.74. The monoisotopic (exact) mass is 439 g/mol. The summed E-state index contributed by atoms with van der Waals surface area (Å²) >= 11 is 0. The Balaban J connectivity index is 2.25. The van der Waals surface area contributed by atoms with E-state index in [0.29, 0.717) is 41.3 Å². The van der Waals surface area contributed by atoms with Crippen LogP contribution in [0.5, 0.6) is 17.2 Å². The Bertz CT molecular complexity index is 1090. The van der Waals surface area contributed by atoms with E-state index in [9.17, 15) is 14.7 Å². The van der Waals surface area contributed by atoms with Gasteiger partial charge < -0.3 is 24.2 Å². The van der Waals surface area contributed by atoms with Crippen molar-refractivity contribution >= 4 is 17.4 Å². The number of rotatable bonds is 7. The molecule has 2 aromatic carbocycles. The molecule has 0 bridgehead atoms. The number of carbonyl (C=O) groups is 2. The standard InChI is InChI=1S/C25H29NO6/c1-7-10-26-22(16-8-9-18(30-4)20(13-16)32-6)21(24(28)25(26)29)23(27)17-11-15(3)19(31-5)12-14(17)2/h8-9,11-13,22,27H,7,10H2,1-6H3/b23-21+. The maximum atomic E-state index is 13.1. The average Bonchev–Trinajstić information content (AvgIpc) is 3.04. The Morgan fingerprint density at radius 2 is 1.59 bits per heavy atom. The van der Waals surface area contributed by atoms with Gasteiger partial charge >= 0.3 is 0 Å². The highest BCUT2D eigenvalue weighted by Crippen LogP contribution is 2.42. The van der Waals surface area contributed by atoms with Crippen LogP contribution < -0.4 is 14.2 Å². The van der Waals surface area contributed by atoms with Crippen molar-refractivity contribution < 1.29 is 28.9 Å². The van der Waals surface area contributed by atoms with Crippen LogP contribution in [0.15, 0.2) is 35.9 Å². The molecule has 32 heavy (non-hydrogen) atoms. The fourth-order valence-electron chi connectivity index (χ4n) is 4.13. The van der Waals surface area contributed by atoms with Gasteiger partial charge in [0.25, 0.3) is 11.7 Å². The van der Waals surface area contributed by atoms with E-state index in [-0.39, 0.29) is 11.3 Å². The van der Waals surface area contributed by atoms with E-state index in [0.717, 1.165) is 11.1 Å². The fourth-order valence-corrected chi connectivity index (χ4v) is 4.13. The van der Waals surface area contributed by atoms with Crippen LogP contribution in [-0.2, 0) is 9.59 Å². The number of benzene rings is 2. The van der Waals surface area contributed by atoms with Gasteiger partial charge in [0.1, 0.15) is 11.5 Å². The zero-order chi connectivity index (χ0) is 23.6. The molecule has 1 unspecified atom stereocenters. The molecular formula is C25H29NO6. The number of aliphatic hydroxyl groups is 1. The fraction of sp³-hybridized carbons (Fsp3) is 0.360. The van der Waals surface area contributed by atoms with Gasteiger partial charge in [0.15, 0.2) is 11.5 Å². The molecule has 3 rings (SSSR count). The Morgan fingerprint density at radius 3 is 2.19 bits per heavy atom. The average molecular weight is 440 g/mol. The zero-order valence-electron chi connectivity index (χ0n) is 19.3. The summed E-state index contributed by atoms with van der Waals surface area (Å²) in [4.78, 5) is 27.5. The minimum Gasteiger partial charge on any atom is -0.507 e. The Kier molecular flexibility index (Phi) is 6.77. The van der Waals surface area contributed by atoms with E-state index in [2.05, 4.69) is 0 Å². The lowest BCUT2D eigenvalue weighted by atomic mass is 9.93. The molecule has 7 nitrogen and oxygen atoms in total. The summed E-state index contributed by atoms with van der Waals surface area (Å²) in [6.45, 7) is 5.99. The van der Waals surface area contributed by atoms with Crippen molar-refractivity contribution in [1.29, 1.82) is 0 Å². The molecule has 2 aromatic rings. The maximum Gasteiger partial charge on any atom is 0.295 e. The van der Waals surface area contributed by atoms with Crippen molar-refractivity contribution in [2.75, 3.05) is 27.9 Å². The number of methoxy groups -OCH3 is 3.